The molecule has 1 aromatic carbocycles. The van der Waals surface area contributed by atoms with Crippen LogP contribution in [-0.4, -0.2) is 45.2 Å². The molecule has 158 valence electrons. The predicted molar refractivity (Wildman–Crippen MR) is 121 cm³/mol. The smallest absolute Gasteiger partial charge is 0.227 e. The molecule has 0 spiro atoms. The van der Waals surface area contributed by atoms with Gasteiger partial charge in [0.05, 0.1) is 7.92 Å². The van der Waals surface area contributed by atoms with Crippen LogP contribution in [-0.2, 0) is 16.9 Å². The van der Waals surface area contributed by atoms with Crippen LogP contribution in [0.4, 0.5) is 5.69 Å². The van der Waals surface area contributed by atoms with E-state index in [1.807, 2.05) is 47.8 Å². The zero-order valence-corrected chi connectivity index (χ0v) is 18.4. The molecule has 0 atom stereocenters. The molecule has 6 nitrogen and oxygen atoms in total. The third kappa shape index (κ3) is 4.18. The minimum Gasteiger partial charge on any atom is -0.301 e. The Morgan fingerprint density at radius 1 is 1.27 bits per heavy atom. The number of para-hydroxylation sites is 1. The average Bonchev–Trinajstić information content (AvgIpc) is 3.45. The lowest BCUT2D eigenvalue weighted by Gasteiger charge is -2.47. The van der Waals surface area contributed by atoms with Gasteiger partial charge >= 0.3 is 0 Å². The van der Waals surface area contributed by atoms with Gasteiger partial charge < -0.3 is 4.90 Å². The fourth-order valence-electron chi connectivity index (χ4n) is 4.23. The standard InChI is InChI=1S/C23H29N5OS/c1-3-21(29)28(20-8-5-4-6-9-20)23(22-25-19(2)18-30-22)10-14-26(15-11-23)16-17-27-13-7-12-24-27/h4-9,12-13,18H,3,10-11,14-17H2,1-2H3/i5T. The summed E-state index contributed by atoms with van der Waals surface area (Å²) in [7, 11) is 0. The summed E-state index contributed by atoms with van der Waals surface area (Å²) in [5.74, 6) is 0.0726. The van der Waals surface area contributed by atoms with Gasteiger partial charge in [-0.15, -0.1) is 11.3 Å². The Labute approximate surface area is 183 Å². The number of likely N-dealkylation sites (tertiary alicyclic amines) is 1. The van der Waals surface area contributed by atoms with Crippen molar-refractivity contribution in [2.75, 3.05) is 24.5 Å². The average molecular weight is 426 g/mol. The molecule has 1 saturated heterocycles. The van der Waals surface area contributed by atoms with Crippen LogP contribution in [0.2, 0.25) is 0 Å². The normalized spacial score (nSPS) is 16.9. The first-order valence-corrected chi connectivity index (χ1v) is 11.4. The minimum atomic E-state index is -0.484. The molecule has 0 unspecified atom stereocenters. The van der Waals surface area contributed by atoms with E-state index in [1.165, 1.54) is 0 Å². The summed E-state index contributed by atoms with van der Waals surface area (Å²) in [6.07, 6.45) is 5.83. The first kappa shape index (κ1) is 19.5. The summed E-state index contributed by atoms with van der Waals surface area (Å²) < 4.78 is 10.1. The molecule has 1 aliphatic heterocycles. The molecule has 3 heterocycles. The van der Waals surface area contributed by atoms with E-state index in [1.54, 1.807) is 29.7 Å². The summed E-state index contributed by atoms with van der Waals surface area (Å²) in [5.41, 5.74) is 1.29. The van der Waals surface area contributed by atoms with Crippen molar-refractivity contribution < 1.29 is 6.17 Å². The monoisotopic (exact) mass is 425 g/mol. The summed E-state index contributed by atoms with van der Waals surface area (Å²) >= 11 is 1.64. The Kier molecular flexibility index (Phi) is 5.90. The zero-order chi connectivity index (χ0) is 21.8. The summed E-state index contributed by atoms with van der Waals surface area (Å²) in [5, 5.41) is 7.36. The van der Waals surface area contributed by atoms with Gasteiger partial charge in [0.25, 0.3) is 0 Å². The van der Waals surface area contributed by atoms with Crippen molar-refractivity contribution in [2.45, 2.75) is 45.2 Å². The molecule has 2 aromatic heterocycles. The van der Waals surface area contributed by atoms with Crippen molar-refractivity contribution in [1.29, 1.82) is 0 Å². The van der Waals surface area contributed by atoms with Gasteiger partial charge in [-0.25, -0.2) is 4.98 Å². The van der Waals surface area contributed by atoms with Crippen molar-refractivity contribution in [3.8, 4) is 0 Å². The van der Waals surface area contributed by atoms with Crippen LogP contribution in [0.3, 0.4) is 0 Å². The maximum atomic E-state index is 13.3. The van der Waals surface area contributed by atoms with Gasteiger partial charge in [-0.3, -0.25) is 14.4 Å². The molecule has 1 fully saturated rings. The number of amides is 1. The van der Waals surface area contributed by atoms with Crippen LogP contribution in [0.5, 0.6) is 0 Å². The van der Waals surface area contributed by atoms with E-state index >= 15 is 0 Å². The van der Waals surface area contributed by atoms with E-state index in [0.717, 1.165) is 55.4 Å². The van der Waals surface area contributed by atoms with Crippen LogP contribution < -0.4 is 4.90 Å². The van der Waals surface area contributed by atoms with Crippen molar-refractivity contribution in [2.24, 2.45) is 0 Å². The van der Waals surface area contributed by atoms with Crippen LogP contribution in [0.15, 0.2) is 54.1 Å². The lowest BCUT2D eigenvalue weighted by Crippen LogP contribution is -2.56. The highest BCUT2D eigenvalue weighted by Gasteiger charge is 2.46. The third-order valence-electron chi connectivity index (χ3n) is 5.83. The van der Waals surface area contributed by atoms with Crippen LogP contribution in [0.25, 0.3) is 0 Å². The molecule has 7 heteroatoms. The number of rotatable bonds is 7. The van der Waals surface area contributed by atoms with Gasteiger partial charge in [-0.2, -0.15) is 5.10 Å². The second-order valence-corrected chi connectivity index (χ2v) is 8.64. The molecule has 0 radical (unpaired) electrons. The van der Waals surface area contributed by atoms with E-state index in [-0.39, 0.29) is 5.91 Å². The molecule has 1 aliphatic rings. The molecule has 0 aliphatic carbocycles. The number of nitrogens with zero attached hydrogens (tertiary/aromatic N) is 5. The molecular formula is C23H29N5OS. The highest BCUT2D eigenvalue weighted by atomic mass is 32.1. The zero-order valence-electron chi connectivity index (χ0n) is 18.6. The number of thiazole rings is 1. The quantitative estimate of drug-likeness (QED) is 0.572. The number of benzene rings is 1. The Morgan fingerprint density at radius 2 is 2.10 bits per heavy atom. The number of piperidine rings is 1. The highest BCUT2D eigenvalue weighted by molar-refractivity contribution is 7.09. The number of hydrogen-bond acceptors (Lipinski definition) is 5. The Hall–Kier alpha value is -2.51. The first-order chi connectivity index (χ1) is 15.0. The topological polar surface area (TPSA) is 54.3 Å². The van der Waals surface area contributed by atoms with Crippen molar-refractivity contribution in [1.82, 2.24) is 19.7 Å². The van der Waals surface area contributed by atoms with E-state index in [0.29, 0.717) is 12.5 Å². The Balaban J connectivity index is 1.64. The van der Waals surface area contributed by atoms with Crippen molar-refractivity contribution >= 4 is 22.9 Å². The molecule has 0 saturated carbocycles. The number of aryl methyl sites for hydroxylation is 1. The molecule has 4 rings (SSSR count). The number of anilines is 1. The largest absolute Gasteiger partial charge is 0.301 e. The van der Waals surface area contributed by atoms with Crippen LogP contribution in [0, 0.1) is 6.92 Å². The third-order valence-corrected chi connectivity index (χ3v) is 6.99. The Bertz CT molecular complexity index is 1010. The summed E-state index contributed by atoms with van der Waals surface area (Å²) in [6, 6.07) is 9.69. The van der Waals surface area contributed by atoms with E-state index < -0.39 is 5.54 Å². The SMILES string of the molecule is [3H]c1cccc(N(C(=O)CC)C2(c3nc(C)cs3)CCN(CCn3cccn3)CC2)c1. The number of carbonyl (C=O) groups is 1. The molecule has 30 heavy (non-hydrogen) atoms. The Morgan fingerprint density at radius 3 is 2.73 bits per heavy atom. The maximum Gasteiger partial charge on any atom is 0.227 e. The highest BCUT2D eigenvalue weighted by Crippen LogP contribution is 2.43. The molecule has 0 N–H and O–H groups in total. The lowest BCUT2D eigenvalue weighted by molar-refractivity contribution is -0.120. The second-order valence-electron chi connectivity index (χ2n) is 7.78. The van der Waals surface area contributed by atoms with Crippen LogP contribution >= 0.6 is 11.3 Å². The van der Waals surface area contributed by atoms with E-state index in [4.69, 9.17) is 6.35 Å². The molecule has 3 aromatic rings. The fraction of sp³-hybridized carbons (Fsp3) is 0.435. The van der Waals surface area contributed by atoms with Crippen molar-refractivity contribution in [3.63, 3.8) is 0 Å². The number of hydrogen-bond donors (Lipinski definition) is 0. The minimum absolute atomic E-state index is 0.0726. The second kappa shape index (κ2) is 9.10. The number of carbonyl (C=O) groups excluding carboxylic acids is 1. The number of aromatic nitrogens is 3. The first-order valence-electron chi connectivity index (χ1n) is 11.0. The maximum absolute atomic E-state index is 13.3. The van der Waals surface area contributed by atoms with Gasteiger partial charge in [0.15, 0.2) is 0 Å². The molecular weight excluding hydrogens is 394 g/mol. The van der Waals surface area contributed by atoms with Gasteiger partial charge in [0.1, 0.15) is 10.5 Å². The van der Waals surface area contributed by atoms with Gasteiger partial charge in [0, 0.05) is 55.2 Å². The van der Waals surface area contributed by atoms with Gasteiger partial charge in [-0.1, -0.05) is 25.1 Å². The predicted octanol–water partition coefficient (Wildman–Crippen LogP) is 4.08. The van der Waals surface area contributed by atoms with Crippen LogP contribution in [0.1, 0.15) is 38.3 Å². The van der Waals surface area contributed by atoms with E-state index in [9.17, 15) is 4.79 Å². The summed E-state index contributed by atoms with van der Waals surface area (Å²) in [6.45, 7) is 7.46. The fourth-order valence-corrected chi connectivity index (χ4v) is 5.28. The molecule has 1 amide bonds. The van der Waals surface area contributed by atoms with E-state index in [2.05, 4.69) is 15.4 Å². The van der Waals surface area contributed by atoms with Gasteiger partial charge in [-0.05, 0) is 38.0 Å². The van der Waals surface area contributed by atoms with Gasteiger partial charge in [0.2, 0.25) is 5.91 Å². The van der Waals surface area contributed by atoms with Crippen molar-refractivity contribution in [3.05, 3.63) is 64.8 Å². The summed E-state index contributed by atoms with van der Waals surface area (Å²) in [4.78, 5) is 22.5. The molecule has 0 bridgehead atoms. The lowest BCUT2D eigenvalue weighted by atomic mass is 9.85.